The summed E-state index contributed by atoms with van der Waals surface area (Å²) in [5, 5.41) is 0.772. The van der Waals surface area contributed by atoms with E-state index in [4.69, 9.17) is 11.6 Å². The smallest absolute Gasteiger partial charge is 0.243 e. The quantitative estimate of drug-likeness (QED) is 0.804. The maximum atomic E-state index is 12.8. The number of para-hydroxylation sites is 1. The fourth-order valence-corrected chi connectivity index (χ4v) is 3.50. The van der Waals surface area contributed by atoms with E-state index in [0.29, 0.717) is 0 Å². The summed E-state index contributed by atoms with van der Waals surface area (Å²) in [6.45, 7) is 6.69. The SMILES string of the molecule is C[C@H](C(=O)N(C)c1ccccc1)N1CCN(Cc2ccc(Cl)cc2)CC1. The first-order valence-corrected chi connectivity index (χ1v) is 9.46. The summed E-state index contributed by atoms with van der Waals surface area (Å²) in [5.41, 5.74) is 2.21. The third kappa shape index (κ3) is 4.64. The fraction of sp³-hybridized carbons (Fsp3) is 0.381. The summed E-state index contributed by atoms with van der Waals surface area (Å²) in [7, 11) is 1.85. The predicted octanol–water partition coefficient (Wildman–Crippen LogP) is 3.51. The largest absolute Gasteiger partial charge is 0.314 e. The van der Waals surface area contributed by atoms with Gasteiger partial charge in [-0.05, 0) is 36.8 Å². The van der Waals surface area contributed by atoms with E-state index in [9.17, 15) is 4.79 Å². The van der Waals surface area contributed by atoms with Crippen molar-refractivity contribution in [2.45, 2.75) is 19.5 Å². The molecule has 0 saturated carbocycles. The van der Waals surface area contributed by atoms with Gasteiger partial charge in [0.1, 0.15) is 0 Å². The Morgan fingerprint density at radius 2 is 1.65 bits per heavy atom. The highest BCUT2D eigenvalue weighted by atomic mass is 35.5. The third-order valence-corrected chi connectivity index (χ3v) is 5.36. The standard InChI is InChI=1S/C21H26ClN3O/c1-17(21(26)23(2)20-6-4-3-5-7-20)25-14-12-24(13-15-25)16-18-8-10-19(22)11-9-18/h3-11,17H,12-16H2,1-2H3/t17-/m1/s1. The van der Waals surface area contributed by atoms with Crippen molar-refractivity contribution in [2.75, 3.05) is 38.1 Å². The molecule has 5 heteroatoms. The summed E-state index contributed by atoms with van der Waals surface area (Å²) >= 11 is 5.95. The van der Waals surface area contributed by atoms with Crippen molar-refractivity contribution >= 4 is 23.2 Å². The molecule has 0 aliphatic carbocycles. The highest BCUT2D eigenvalue weighted by molar-refractivity contribution is 6.30. The highest BCUT2D eigenvalue weighted by Crippen LogP contribution is 2.17. The van der Waals surface area contributed by atoms with E-state index in [0.717, 1.165) is 43.4 Å². The molecule has 0 spiro atoms. The summed E-state index contributed by atoms with van der Waals surface area (Å²) in [6.07, 6.45) is 0. The highest BCUT2D eigenvalue weighted by Gasteiger charge is 2.27. The molecule has 138 valence electrons. The van der Waals surface area contributed by atoms with Crippen LogP contribution in [0, 0.1) is 0 Å². The Bertz CT molecular complexity index is 712. The lowest BCUT2D eigenvalue weighted by Gasteiger charge is -2.38. The van der Waals surface area contributed by atoms with E-state index in [1.165, 1.54) is 5.56 Å². The molecule has 0 radical (unpaired) electrons. The van der Waals surface area contributed by atoms with Gasteiger partial charge in [0.15, 0.2) is 0 Å². The molecule has 1 aliphatic heterocycles. The Kier molecular flexibility index (Phi) is 6.30. The molecule has 26 heavy (non-hydrogen) atoms. The third-order valence-electron chi connectivity index (χ3n) is 5.11. The lowest BCUT2D eigenvalue weighted by molar-refractivity contribution is -0.123. The maximum absolute atomic E-state index is 12.8. The van der Waals surface area contributed by atoms with E-state index >= 15 is 0 Å². The van der Waals surface area contributed by atoms with Crippen LogP contribution in [0.4, 0.5) is 5.69 Å². The van der Waals surface area contributed by atoms with Gasteiger partial charge in [-0.1, -0.05) is 41.9 Å². The summed E-state index contributed by atoms with van der Waals surface area (Å²) in [6, 6.07) is 17.7. The minimum atomic E-state index is -0.113. The molecule has 0 unspecified atom stereocenters. The van der Waals surface area contributed by atoms with Gasteiger partial charge < -0.3 is 4.90 Å². The summed E-state index contributed by atoms with van der Waals surface area (Å²) in [5.74, 6) is 0.141. The average molecular weight is 372 g/mol. The van der Waals surface area contributed by atoms with Gasteiger partial charge in [-0.25, -0.2) is 0 Å². The number of likely N-dealkylation sites (N-methyl/N-ethyl adjacent to an activating group) is 1. The van der Waals surface area contributed by atoms with Gasteiger partial charge in [0.25, 0.3) is 0 Å². The molecule has 1 heterocycles. The normalized spacial score (nSPS) is 17.0. The number of anilines is 1. The second-order valence-electron chi connectivity index (χ2n) is 6.85. The lowest BCUT2D eigenvalue weighted by atomic mass is 10.1. The Morgan fingerprint density at radius 1 is 1.04 bits per heavy atom. The van der Waals surface area contributed by atoms with Crippen LogP contribution >= 0.6 is 11.6 Å². The van der Waals surface area contributed by atoms with Gasteiger partial charge in [-0.15, -0.1) is 0 Å². The number of carbonyl (C=O) groups is 1. The number of halogens is 1. The van der Waals surface area contributed by atoms with Crippen LogP contribution in [0.25, 0.3) is 0 Å². The monoisotopic (exact) mass is 371 g/mol. The molecule has 1 fully saturated rings. The molecule has 1 atom stereocenters. The first kappa shape index (κ1) is 18.9. The Labute approximate surface area is 161 Å². The van der Waals surface area contributed by atoms with Crippen molar-refractivity contribution in [3.63, 3.8) is 0 Å². The zero-order valence-electron chi connectivity index (χ0n) is 15.4. The first-order chi connectivity index (χ1) is 12.5. The van der Waals surface area contributed by atoms with Crippen molar-refractivity contribution < 1.29 is 4.79 Å². The van der Waals surface area contributed by atoms with Crippen LogP contribution in [0.2, 0.25) is 5.02 Å². The van der Waals surface area contributed by atoms with Crippen molar-refractivity contribution in [3.8, 4) is 0 Å². The molecule has 0 bridgehead atoms. The second kappa shape index (κ2) is 8.67. The molecular weight excluding hydrogens is 346 g/mol. The second-order valence-corrected chi connectivity index (χ2v) is 7.28. The zero-order valence-corrected chi connectivity index (χ0v) is 16.2. The Hall–Kier alpha value is -1.88. The van der Waals surface area contributed by atoms with Crippen LogP contribution in [-0.4, -0.2) is 55.0 Å². The van der Waals surface area contributed by atoms with Crippen LogP contribution in [0.3, 0.4) is 0 Å². The molecule has 1 amide bonds. The lowest BCUT2D eigenvalue weighted by Crippen LogP contribution is -2.53. The van der Waals surface area contributed by atoms with E-state index in [2.05, 4.69) is 21.9 Å². The number of nitrogens with zero attached hydrogens (tertiary/aromatic N) is 3. The van der Waals surface area contributed by atoms with Gasteiger partial charge in [0, 0.05) is 50.5 Å². The topological polar surface area (TPSA) is 26.8 Å². The van der Waals surface area contributed by atoms with Crippen molar-refractivity contribution in [1.29, 1.82) is 0 Å². The fourth-order valence-electron chi connectivity index (χ4n) is 3.37. The number of hydrogen-bond acceptors (Lipinski definition) is 3. The predicted molar refractivity (Wildman–Crippen MR) is 108 cm³/mol. The summed E-state index contributed by atoms with van der Waals surface area (Å²) in [4.78, 5) is 19.3. The molecule has 1 saturated heterocycles. The minimum Gasteiger partial charge on any atom is -0.314 e. The number of benzene rings is 2. The zero-order chi connectivity index (χ0) is 18.5. The van der Waals surface area contributed by atoms with Gasteiger partial charge in [0.2, 0.25) is 5.91 Å². The van der Waals surface area contributed by atoms with Gasteiger partial charge >= 0.3 is 0 Å². The summed E-state index contributed by atoms with van der Waals surface area (Å²) < 4.78 is 0. The molecule has 0 N–H and O–H groups in total. The van der Waals surface area contributed by atoms with Gasteiger partial charge in [0.05, 0.1) is 6.04 Å². The van der Waals surface area contributed by atoms with Crippen LogP contribution in [-0.2, 0) is 11.3 Å². The number of piperazine rings is 1. The van der Waals surface area contributed by atoms with E-state index in [1.54, 1.807) is 4.90 Å². The Morgan fingerprint density at radius 3 is 2.27 bits per heavy atom. The van der Waals surface area contributed by atoms with Gasteiger partial charge in [-0.3, -0.25) is 14.6 Å². The van der Waals surface area contributed by atoms with Crippen molar-refractivity contribution in [3.05, 3.63) is 65.2 Å². The number of amides is 1. The van der Waals surface area contributed by atoms with Crippen molar-refractivity contribution in [1.82, 2.24) is 9.80 Å². The maximum Gasteiger partial charge on any atom is 0.243 e. The first-order valence-electron chi connectivity index (χ1n) is 9.08. The number of hydrogen-bond donors (Lipinski definition) is 0. The van der Waals surface area contributed by atoms with Crippen LogP contribution < -0.4 is 4.90 Å². The molecular formula is C21H26ClN3O. The minimum absolute atomic E-state index is 0.113. The van der Waals surface area contributed by atoms with Crippen molar-refractivity contribution in [2.24, 2.45) is 0 Å². The molecule has 0 aromatic heterocycles. The van der Waals surface area contributed by atoms with Crippen LogP contribution in [0.15, 0.2) is 54.6 Å². The average Bonchev–Trinajstić information content (AvgIpc) is 2.69. The van der Waals surface area contributed by atoms with Gasteiger partial charge in [-0.2, -0.15) is 0 Å². The van der Waals surface area contributed by atoms with E-state index in [-0.39, 0.29) is 11.9 Å². The molecule has 2 aromatic rings. The molecule has 1 aliphatic rings. The van der Waals surface area contributed by atoms with E-state index < -0.39 is 0 Å². The van der Waals surface area contributed by atoms with Crippen LogP contribution in [0.5, 0.6) is 0 Å². The molecule has 4 nitrogen and oxygen atoms in total. The number of carbonyl (C=O) groups excluding carboxylic acids is 1. The molecule has 3 rings (SSSR count). The Balaban J connectivity index is 1.52. The van der Waals surface area contributed by atoms with E-state index in [1.807, 2.05) is 56.4 Å². The number of rotatable bonds is 5. The molecule has 2 aromatic carbocycles. The van der Waals surface area contributed by atoms with Crippen LogP contribution in [0.1, 0.15) is 12.5 Å².